The number of halogens is 1. The molecule has 0 radical (unpaired) electrons. The summed E-state index contributed by atoms with van der Waals surface area (Å²) in [4.78, 5) is 13.7. The van der Waals surface area contributed by atoms with Crippen molar-refractivity contribution in [1.82, 2.24) is 9.47 Å². The third-order valence-corrected chi connectivity index (χ3v) is 3.07. The van der Waals surface area contributed by atoms with E-state index >= 15 is 0 Å². The largest absolute Gasteiger partial charge is 0.394 e. The molecule has 0 spiro atoms. The maximum atomic E-state index is 13.9. The van der Waals surface area contributed by atoms with Gasteiger partial charge in [-0.2, -0.15) is 0 Å². The Morgan fingerprint density at radius 1 is 1.56 bits per heavy atom. The first-order valence-electron chi connectivity index (χ1n) is 5.39. The molecule has 1 aliphatic heterocycles. The molecular formula is C11H16FN3O. The molecule has 0 saturated carbocycles. The summed E-state index contributed by atoms with van der Waals surface area (Å²) in [5.41, 5.74) is 5.42. The Hall–Kier alpha value is -1.36. The summed E-state index contributed by atoms with van der Waals surface area (Å²) in [6.07, 6.45) is 1.24. The zero-order valence-corrected chi connectivity index (χ0v) is 9.27. The molecule has 0 bridgehead atoms. The summed E-state index contributed by atoms with van der Waals surface area (Å²) in [5, 5.41) is 0. The molecule has 1 aromatic heterocycles. The van der Waals surface area contributed by atoms with Crippen LogP contribution in [0.15, 0.2) is 23.1 Å². The molecule has 4 nitrogen and oxygen atoms in total. The lowest BCUT2D eigenvalue weighted by Gasteiger charge is -2.33. The van der Waals surface area contributed by atoms with Crippen LogP contribution in [-0.4, -0.2) is 35.8 Å². The van der Waals surface area contributed by atoms with Gasteiger partial charge < -0.3 is 15.2 Å². The Labute approximate surface area is 93.5 Å². The maximum Gasteiger partial charge on any atom is 0.274 e. The molecule has 2 rings (SSSR count). The van der Waals surface area contributed by atoms with Crippen LogP contribution in [0.4, 0.5) is 10.1 Å². The molecule has 1 aromatic rings. The quantitative estimate of drug-likeness (QED) is 0.763. The van der Waals surface area contributed by atoms with Gasteiger partial charge in [0, 0.05) is 19.3 Å². The number of nitrogens with zero attached hydrogens (tertiary/aromatic N) is 2. The van der Waals surface area contributed by atoms with Gasteiger partial charge in [0.05, 0.1) is 11.7 Å². The van der Waals surface area contributed by atoms with Gasteiger partial charge in [-0.15, -0.1) is 0 Å². The fraction of sp³-hybridized carbons (Fsp3) is 0.545. The van der Waals surface area contributed by atoms with Gasteiger partial charge in [0.2, 0.25) is 0 Å². The summed E-state index contributed by atoms with van der Waals surface area (Å²) in [6.45, 7) is 1.16. The van der Waals surface area contributed by atoms with Crippen LogP contribution in [0.1, 0.15) is 12.5 Å². The molecule has 2 atom stereocenters. The molecule has 0 aromatic carbocycles. The minimum atomic E-state index is -1.02. The second-order valence-electron chi connectivity index (χ2n) is 4.31. The van der Waals surface area contributed by atoms with Gasteiger partial charge in [-0.1, -0.05) is 0 Å². The number of nitrogen functional groups attached to an aromatic ring is 1. The van der Waals surface area contributed by atoms with E-state index in [1.165, 1.54) is 4.57 Å². The van der Waals surface area contributed by atoms with Crippen LogP contribution in [0.25, 0.3) is 0 Å². The molecule has 16 heavy (non-hydrogen) atoms. The van der Waals surface area contributed by atoms with Gasteiger partial charge in [0.25, 0.3) is 5.56 Å². The van der Waals surface area contributed by atoms with Crippen molar-refractivity contribution in [2.45, 2.75) is 18.6 Å². The fourth-order valence-electron chi connectivity index (χ4n) is 2.15. The van der Waals surface area contributed by atoms with Crippen LogP contribution in [0, 0.1) is 0 Å². The van der Waals surface area contributed by atoms with E-state index in [-0.39, 0.29) is 17.3 Å². The van der Waals surface area contributed by atoms with E-state index in [0.717, 1.165) is 6.54 Å². The average Bonchev–Trinajstić information content (AvgIpc) is 2.23. The van der Waals surface area contributed by atoms with Crippen LogP contribution < -0.4 is 11.3 Å². The monoisotopic (exact) mass is 225 g/mol. The Morgan fingerprint density at radius 2 is 2.31 bits per heavy atom. The highest BCUT2D eigenvalue weighted by Crippen LogP contribution is 2.23. The standard InChI is InChI=1S/C11H16FN3O/c1-14-6-4-10(8(12)7-14)15-5-2-3-9(13)11(15)16/h2-3,5,8,10H,4,6-7,13H2,1H3/t8-,10?/m0/s1. The van der Waals surface area contributed by atoms with Crippen LogP contribution >= 0.6 is 0 Å². The van der Waals surface area contributed by atoms with Gasteiger partial charge in [-0.05, 0) is 25.6 Å². The smallest absolute Gasteiger partial charge is 0.274 e. The predicted molar refractivity (Wildman–Crippen MR) is 61.2 cm³/mol. The van der Waals surface area contributed by atoms with E-state index < -0.39 is 6.17 Å². The van der Waals surface area contributed by atoms with Crippen LogP contribution in [0.3, 0.4) is 0 Å². The maximum absolute atomic E-state index is 13.9. The molecule has 1 unspecified atom stereocenters. The second kappa shape index (κ2) is 4.25. The highest BCUT2D eigenvalue weighted by molar-refractivity contribution is 5.33. The first-order valence-corrected chi connectivity index (χ1v) is 5.39. The van der Waals surface area contributed by atoms with Crippen LogP contribution in [-0.2, 0) is 0 Å². The molecule has 5 heteroatoms. The number of nitrogens with two attached hydrogens (primary N) is 1. The SMILES string of the molecule is CN1CCC(n2cccc(N)c2=O)[C@@H](F)C1. The molecular weight excluding hydrogens is 209 g/mol. The Bertz CT molecular complexity index is 431. The molecule has 0 amide bonds. The number of hydrogen-bond acceptors (Lipinski definition) is 3. The van der Waals surface area contributed by atoms with Crippen LogP contribution in [0.5, 0.6) is 0 Å². The van der Waals surface area contributed by atoms with E-state index in [1.807, 2.05) is 11.9 Å². The van der Waals surface area contributed by atoms with Gasteiger partial charge in [0.15, 0.2) is 0 Å². The van der Waals surface area contributed by atoms with E-state index in [9.17, 15) is 9.18 Å². The van der Waals surface area contributed by atoms with Gasteiger partial charge >= 0.3 is 0 Å². The third-order valence-electron chi connectivity index (χ3n) is 3.07. The van der Waals surface area contributed by atoms with E-state index in [4.69, 9.17) is 5.73 Å². The summed E-state index contributed by atoms with van der Waals surface area (Å²) < 4.78 is 15.3. The van der Waals surface area contributed by atoms with Gasteiger partial charge in [-0.25, -0.2) is 4.39 Å². The fourth-order valence-corrected chi connectivity index (χ4v) is 2.15. The zero-order chi connectivity index (χ0) is 11.7. The number of piperidine rings is 1. The Balaban J connectivity index is 2.31. The molecule has 2 heterocycles. The average molecular weight is 225 g/mol. The predicted octanol–water partition coefficient (Wildman–Crippen LogP) is 0.645. The first kappa shape index (κ1) is 11.1. The highest BCUT2D eigenvalue weighted by atomic mass is 19.1. The normalized spacial score (nSPS) is 26.9. The van der Waals surface area contributed by atoms with Gasteiger partial charge in [-0.3, -0.25) is 4.79 Å². The molecule has 1 saturated heterocycles. The molecule has 88 valence electrons. The first-order chi connectivity index (χ1) is 7.59. The number of alkyl halides is 1. The molecule has 1 fully saturated rings. The minimum absolute atomic E-state index is 0.175. The second-order valence-corrected chi connectivity index (χ2v) is 4.31. The van der Waals surface area contributed by atoms with E-state index in [2.05, 4.69) is 0 Å². The van der Waals surface area contributed by atoms with Crippen molar-refractivity contribution < 1.29 is 4.39 Å². The Kier molecular flexibility index (Phi) is 2.96. The highest BCUT2D eigenvalue weighted by Gasteiger charge is 2.29. The summed E-state index contributed by atoms with van der Waals surface area (Å²) in [7, 11) is 1.88. The molecule has 2 N–H and O–H groups in total. The minimum Gasteiger partial charge on any atom is -0.394 e. The lowest BCUT2D eigenvalue weighted by Crippen LogP contribution is -2.43. The zero-order valence-electron chi connectivity index (χ0n) is 9.27. The number of hydrogen-bond donors (Lipinski definition) is 1. The van der Waals surface area contributed by atoms with E-state index in [1.54, 1.807) is 18.3 Å². The van der Waals surface area contributed by atoms with Crippen molar-refractivity contribution in [3.63, 3.8) is 0 Å². The number of pyridine rings is 1. The summed E-state index contributed by atoms with van der Waals surface area (Å²) in [5.74, 6) is 0. The Morgan fingerprint density at radius 3 is 3.00 bits per heavy atom. The van der Waals surface area contributed by atoms with Crippen molar-refractivity contribution >= 4 is 5.69 Å². The number of rotatable bonds is 1. The summed E-state index contributed by atoms with van der Waals surface area (Å²) in [6, 6.07) is 2.84. The van der Waals surface area contributed by atoms with Crippen molar-refractivity contribution in [2.75, 3.05) is 25.9 Å². The summed E-state index contributed by atoms with van der Waals surface area (Å²) >= 11 is 0. The van der Waals surface area contributed by atoms with Crippen molar-refractivity contribution in [3.8, 4) is 0 Å². The topological polar surface area (TPSA) is 51.3 Å². The lowest BCUT2D eigenvalue weighted by atomic mass is 10.0. The molecule has 0 aliphatic carbocycles. The number of anilines is 1. The molecule has 1 aliphatic rings. The lowest BCUT2D eigenvalue weighted by molar-refractivity contribution is 0.105. The van der Waals surface area contributed by atoms with Crippen molar-refractivity contribution in [1.29, 1.82) is 0 Å². The van der Waals surface area contributed by atoms with E-state index in [0.29, 0.717) is 13.0 Å². The van der Waals surface area contributed by atoms with Crippen molar-refractivity contribution in [2.24, 2.45) is 0 Å². The van der Waals surface area contributed by atoms with Crippen molar-refractivity contribution in [3.05, 3.63) is 28.7 Å². The van der Waals surface area contributed by atoms with Gasteiger partial charge in [0.1, 0.15) is 6.17 Å². The number of aromatic nitrogens is 1. The van der Waals surface area contributed by atoms with Crippen LogP contribution in [0.2, 0.25) is 0 Å². The third kappa shape index (κ3) is 1.95. The number of likely N-dealkylation sites (tertiary alicyclic amines) is 1.